The normalized spacial score (nSPS) is 13.8. The number of methoxy groups -OCH3 is 2. The summed E-state index contributed by atoms with van der Waals surface area (Å²) in [5.41, 5.74) is 0.973. The monoisotopic (exact) mass is 453 g/mol. The van der Waals surface area contributed by atoms with Gasteiger partial charge in [0.25, 0.3) is 10.0 Å². The van der Waals surface area contributed by atoms with Crippen molar-refractivity contribution in [2.75, 3.05) is 19.5 Å². The van der Waals surface area contributed by atoms with E-state index < -0.39 is 21.1 Å². The Morgan fingerprint density at radius 2 is 1.83 bits per heavy atom. The Morgan fingerprint density at radius 1 is 1.17 bits per heavy atom. The maximum absolute atomic E-state index is 12.8. The number of aromatic nitrogens is 5. The Labute approximate surface area is 175 Å². The first-order chi connectivity index (χ1) is 14.3. The molecule has 0 radical (unpaired) electrons. The van der Waals surface area contributed by atoms with E-state index in [1.807, 2.05) is 4.72 Å². The van der Waals surface area contributed by atoms with Crippen LogP contribution in [0.4, 0.5) is 10.7 Å². The number of carbonyl (C=O) groups excluding carboxylic acids is 1. The zero-order chi connectivity index (χ0) is 21.5. The molecule has 0 aliphatic heterocycles. The first-order valence-corrected chi connectivity index (χ1v) is 10.5. The predicted octanol–water partition coefficient (Wildman–Crippen LogP) is 1.58. The number of nitrogens with zero attached hydrogens (tertiary/aromatic N) is 5. The largest absolute Gasteiger partial charge is 0.481 e. The van der Waals surface area contributed by atoms with Crippen LogP contribution >= 0.6 is 11.6 Å². The van der Waals surface area contributed by atoms with Gasteiger partial charge in [-0.1, -0.05) is 11.6 Å². The number of hydrogen-bond acceptors (Lipinski definition) is 9. The number of halogens is 1. The van der Waals surface area contributed by atoms with Gasteiger partial charge in [0, 0.05) is 5.92 Å². The Kier molecular flexibility index (Phi) is 5.07. The molecule has 2 N–H and O–H groups in total. The van der Waals surface area contributed by atoms with E-state index in [0.717, 1.165) is 23.1 Å². The van der Waals surface area contributed by atoms with Gasteiger partial charge in [-0.25, -0.2) is 14.5 Å². The minimum absolute atomic E-state index is 0.113. The van der Waals surface area contributed by atoms with Gasteiger partial charge in [-0.3, -0.25) is 5.32 Å². The molecule has 14 heteroatoms. The van der Waals surface area contributed by atoms with Gasteiger partial charge >= 0.3 is 6.03 Å². The summed E-state index contributed by atoms with van der Waals surface area (Å²) in [7, 11) is -1.69. The zero-order valence-electron chi connectivity index (χ0n) is 15.8. The summed E-state index contributed by atoms with van der Waals surface area (Å²) in [5, 5.41) is 5.78. The molecule has 1 saturated carbocycles. The lowest BCUT2D eigenvalue weighted by Gasteiger charge is -2.09. The van der Waals surface area contributed by atoms with Crippen LogP contribution in [0.25, 0.3) is 5.65 Å². The number of nitrogens with one attached hydrogen (secondary N) is 2. The van der Waals surface area contributed by atoms with Gasteiger partial charge in [0.15, 0.2) is 10.8 Å². The second kappa shape index (κ2) is 7.57. The molecule has 3 aromatic heterocycles. The number of amides is 2. The molecular weight excluding hydrogens is 438 g/mol. The van der Waals surface area contributed by atoms with Crippen molar-refractivity contribution in [1.82, 2.24) is 29.3 Å². The smallest absolute Gasteiger partial charge is 0.335 e. The van der Waals surface area contributed by atoms with Crippen molar-refractivity contribution in [2.24, 2.45) is 0 Å². The first kappa shape index (κ1) is 20.1. The maximum Gasteiger partial charge on any atom is 0.335 e. The quantitative estimate of drug-likeness (QED) is 0.566. The van der Waals surface area contributed by atoms with Gasteiger partial charge in [-0.05, 0) is 25.0 Å². The molecule has 3 aromatic rings. The standard InChI is InChI=1S/C16H16ClN7O5S/c1-28-11-7-12(29-2)20-15(19-11)21-16(25)23-30(26,27)14-13(17)18-10-6-5-9(8-3-4-8)22-24(10)14/h5-8H,3-4H2,1-2H3,(H2,19,20,21,23,25). The van der Waals surface area contributed by atoms with Gasteiger partial charge in [0.1, 0.15) is 0 Å². The summed E-state index contributed by atoms with van der Waals surface area (Å²) < 4.78 is 38.6. The van der Waals surface area contributed by atoms with Crippen molar-refractivity contribution in [3.8, 4) is 11.8 Å². The molecule has 30 heavy (non-hydrogen) atoms. The highest BCUT2D eigenvalue weighted by atomic mass is 35.5. The average molecular weight is 454 g/mol. The van der Waals surface area contributed by atoms with Crippen molar-refractivity contribution >= 4 is 39.3 Å². The number of fused-ring (bicyclic) bond motifs is 1. The highest BCUT2D eigenvalue weighted by Gasteiger charge is 2.30. The van der Waals surface area contributed by atoms with E-state index in [4.69, 9.17) is 21.1 Å². The lowest BCUT2D eigenvalue weighted by Crippen LogP contribution is -2.35. The zero-order valence-corrected chi connectivity index (χ0v) is 17.4. The van der Waals surface area contributed by atoms with Crippen molar-refractivity contribution < 1.29 is 22.7 Å². The number of urea groups is 1. The van der Waals surface area contributed by atoms with Gasteiger partial charge in [0.05, 0.1) is 26.0 Å². The van der Waals surface area contributed by atoms with Gasteiger partial charge in [-0.2, -0.15) is 28.0 Å². The van der Waals surface area contributed by atoms with Crippen molar-refractivity contribution in [1.29, 1.82) is 0 Å². The van der Waals surface area contributed by atoms with Gasteiger partial charge < -0.3 is 9.47 Å². The van der Waals surface area contributed by atoms with E-state index in [9.17, 15) is 13.2 Å². The number of imidazole rings is 1. The molecule has 1 fully saturated rings. The lowest BCUT2D eigenvalue weighted by molar-refractivity contribution is 0.256. The number of anilines is 1. The minimum Gasteiger partial charge on any atom is -0.481 e. The molecule has 0 spiro atoms. The molecule has 0 bridgehead atoms. The summed E-state index contributed by atoms with van der Waals surface area (Å²) >= 11 is 6.04. The molecule has 0 unspecified atom stereocenters. The van der Waals surface area contributed by atoms with E-state index >= 15 is 0 Å². The van der Waals surface area contributed by atoms with Crippen LogP contribution in [-0.4, -0.2) is 53.2 Å². The van der Waals surface area contributed by atoms with E-state index in [1.54, 1.807) is 12.1 Å². The highest BCUT2D eigenvalue weighted by molar-refractivity contribution is 7.90. The molecule has 1 aliphatic rings. The van der Waals surface area contributed by atoms with Crippen LogP contribution in [0.3, 0.4) is 0 Å². The molecule has 158 valence electrons. The highest BCUT2D eigenvalue weighted by Crippen LogP contribution is 2.39. The third-order valence-corrected chi connectivity index (χ3v) is 5.92. The van der Waals surface area contributed by atoms with Crippen LogP contribution in [0.2, 0.25) is 5.15 Å². The molecule has 0 saturated heterocycles. The summed E-state index contributed by atoms with van der Waals surface area (Å²) in [4.78, 5) is 24.1. The predicted molar refractivity (Wildman–Crippen MR) is 104 cm³/mol. The summed E-state index contributed by atoms with van der Waals surface area (Å²) in [5.74, 6) is 0.281. The lowest BCUT2D eigenvalue weighted by atomic mass is 10.3. The summed E-state index contributed by atoms with van der Waals surface area (Å²) in [6.45, 7) is 0. The van der Waals surface area contributed by atoms with Crippen LogP contribution in [0.1, 0.15) is 24.5 Å². The molecule has 12 nitrogen and oxygen atoms in total. The van der Waals surface area contributed by atoms with Crippen LogP contribution in [0.5, 0.6) is 11.8 Å². The summed E-state index contributed by atoms with van der Waals surface area (Å²) in [6, 6.07) is 3.68. The first-order valence-electron chi connectivity index (χ1n) is 8.67. The fourth-order valence-electron chi connectivity index (χ4n) is 2.69. The number of hydrogen-bond donors (Lipinski definition) is 2. The molecule has 0 atom stereocenters. The van der Waals surface area contributed by atoms with Crippen LogP contribution in [0, 0.1) is 0 Å². The maximum atomic E-state index is 12.8. The molecular formula is C16H16ClN7O5S. The van der Waals surface area contributed by atoms with Crippen LogP contribution in [0.15, 0.2) is 23.2 Å². The van der Waals surface area contributed by atoms with Crippen molar-refractivity contribution in [3.63, 3.8) is 0 Å². The third-order valence-electron chi connectivity index (χ3n) is 4.22. The number of rotatable bonds is 6. The third kappa shape index (κ3) is 3.93. The number of sulfonamides is 1. The Hall–Kier alpha value is -3.19. The Morgan fingerprint density at radius 3 is 2.43 bits per heavy atom. The second-order valence-electron chi connectivity index (χ2n) is 6.35. The fourth-order valence-corrected chi connectivity index (χ4v) is 4.18. The Bertz CT molecular complexity index is 1220. The molecule has 2 amide bonds. The number of ether oxygens (including phenoxy) is 2. The SMILES string of the molecule is COc1cc(OC)nc(NC(=O)NS(=O)(=O)c2c(Cl)nc3ccc(C4CC4)nn23)n1. The van der Waals surface area contributed by atoms with Gasteiger partial charge in [-0.15, -0.1) is 0 Å². The number of carbonyl (C=O) groups is 1. The average Bonchev–Trinajstić information content (AvgIpc) is 3.48. The molecule has 4 rings (SSSR count). The van der Waals surface area contributed by atoms with E-state index in [-0.39, 0.29) is 34.4 Å². The van der Waals surface area contributed by atoms with Crippen molar-refractivity contribution in [3.05, 3.63) is 29.0 Å². The Balaban J connectivity index is 1.61. The molecule has 1 aliphatic carbocycles. The van der Waals surface area contributed by atoms with Gasteiger partial charge in [0.2, 0.25) is 22.7 Å². The van der Waals surface area contributed by atoms with E-state index in [0.29, 0.717) is 0 Å². The molecule has 0 aromatic carbocycles. The van der Waals surface area contributed by atoms with Crippen LogP contribution in [-0.2, 0) is 10.0 Å². The van der Waals surface area contributed by atoms with Crippen LogP contribution < -0.4 is 19.5 Å². The minimum atomic E-state index is -4.42. The fraction of sp³-hybridized carbons (Fsp3) is 0.312. The topological polar surface area (TPSA) is 150 Å². The van der Waals surface area contributed by atoms with E-state index in [2.05, 4.69) is 25.4 Å². The summed E-state index contributed by atoms with van der Waals surface area (Å²) in [6.07, 6.45) is 1.96. The van der Waals surface area contributed by atoms with Crippen molar-refractivity contribution in [2.45, 2.75) is 23.8 Å². The second-order valence-corrected chi connectivity index (χ2v) is 8.30. The molecule has 3 heterocycles. The van der Waals surface area contributed by atoms with E-state index in [1.165, 1.54) is 20.3 Å².